The topological polar surface area (TPSA) is 45.2 Å². The largest absolute Gasteiger partial charge is 0.326 e. The first-order valence-electron chi connectivity index (χ1n) is 8.58. The molecule has 0 aliphatic rings. The van der Waals surface area contributed by atoms with Crippen molar-refractivity contribution in [3.8, 4) is 0 Å². The van der Waals surface area contributed by atoms with Crippen LogP contribution in [0, 0.1) is 0 Å². The zero-order valence-electron chi connectivity index (χ0n) is 14.8. The number of aryl methyl sites for hydroxylation is 1. The van der Waals surface area contributed by atoms with Crippen molar-refractivity contribution in [1.29, 1.82) is 0 Å². The first-order chi connectivity index (χ1) is 11.6. The molecule has 0 spiro atoms. The maximum Gasteiger partial charge on any atom is 0.225 e. The Labute approximate surface area is 144 Å². The fourth-order valence-electron chi connectivity index (χ4n) is 2.63. The van der Waals surface area contributed by atoms with E-state index in [0.717, 1.165) is 30.8 Å². The second-order valence-corrected chi connectivity index (χ2v) is 6.16. The van der Waals surface area contributed by atoms with Gasteiger partial charge in [-0.25, -0.2) is 0 Å². The predicted molar refractivity (Wildman–Crippen MR) is 99.1 cm³/mol. The SMILES string of the molecule is CCc1ccccc1NC(=O)C[C@@H](C)N(C)CCc1ccccn1. The number of hydrogen-bond acceptors (Lipinski definition) is 3. The molecular weight excluding hydrogens is 298 g/mol. The number of rotatable bonds is 8. The Balaban J connectivity index is 1.82. The van der Waals surface area contributed by atoms with Crippen molar-refractivity contribution in [2.24, 2.45) is 0 Å². The van der Waals surface area contributed by atoms with Crippen molar-refractivity contribution in [3.63, 3.8) is 0 Å². The van der Waals surface area contributed by atoms with E-state index in [1.165, 1.54) is 5.56 Å². The van der Waals surface area contributed by atoms with Gasteiger partial charge in [-0.3, -0.25) is 9.78 Å². The monoisotopic (exact) mass is 325 g/mol. The van der Waals surface area contributed by atoms with Crippen molar-refractivity contribution in [1.82, 2.24) is 9.88 Å². The molecule has 2 rings (SSSR count). The molecule has 0 bridgehead atoms. The van der Waals surface area contributed by atoms with E-state index in [-0.39, 0.29) is 11.9 Å². The number of para-hydroxylation sites is 1. The van der Waals surface area contributed by atoms with E-state index in [4.69, 9.17) is 0 Å². The lowest BCUT2D eigenvalue weighted by atomic mass is 10.1. The Morgan fingerprint density at radius 1 is 1.21 bits per heavy atom. The van der Waals surface area contributed by atoms with Crippen molar-refractivity contribution < 1.29 is 4.79 Å². The van der Waals surface area contributed by atoms with Crippen LogP contribution in [-0.2, 0) is 17.6 Å². The van der Waals surface area contributed by atoms with E-state index in [2.05, 4.69) is 42.2 Å². The number of nitrogens with zero attached hydrogens (tertiary/aromatic N) is 2. The van der Waals surface area contributed by atoms with Gasteiger partial charge in [0.1, 0.15) is 0 Å². The maximum atomic E-state index is 12.3. The number of hydrogen-bond donors (Lipinski definition) is 1. The van der Waals surface area contributed by atoms with Gasteiger partial charge in [-0.05, 0) is 44.2 Å². The van der Waals surface area contributed by atoms with Gasteiger partial charge >= 0.3 is 0 Å². The van der Waals surface area contributed by atoms with Gasteiger partial charge in [0.05, 0.1) is 0 Å². The zero-order valence-corrected chi connectivity index (χ0v) is 14.8. The Hall–Kier alpha value is -2.20. The molecule has 1 aromatic carbocycles. The van der Waals surface area contributed by atoms with Crippen molar-refractivity contribution >= 4 is 11.6 Å². The van der Waals surface area contributed by atoms with Crippen LogP contribution in [0.25, 0.3) is 0 Å². The van der Waals surface area contributed by atoms with Crippen LogP contribution < -0.4 is 5.32 Å². The second kappa shape index (κ2) is 9.18. The van der Waals surface area contributed by atoms with E-state index in [1.54, 1.807) is 0 Å². The summed E-state index contributed by atoms with van der Waals surface area (Å²) in [5.74, 6) is 0.0630. The number of amides is 1. The summed E-state index contributed by atoms with van der Waals surface area (Å²) < 4.78 is 0. The predicted octanol–water partition coefficient (Wildman–Crippen LogP) is 3.54. The Morgan fingerprint density at radius 3 is 2.67 bits per heavy atom. The van der Waals surface area contributed by atoms with Crippen LogP contribution in [0.5, 0.6) is 0 Å². The van der Waals surface area contributed by atoms with E-state index < -0.39 is 0 Å². The molecule has 0 unspecified atom stereocenters. The number of nitrogens with one attached hydrogen (secondary N) is 1. The average molecular weight is 325 g/mol. The number of benzene rings is 1. The summed E-state index contributed by atoms with van der Waals surface area (Å²) in [6.07, 6.45) is 4.10. The smallest absolute Gasteiger partial charge is 0.225 e. The Kier molecular flexibility index (Phi) is 6.94. The van der Waals surface area contributed by atoms with Gasteiger partial charge in [-0.15, -0.1) is 0 Å². The molecule has 1 N–H and O–H groups in total. The minimum Gasteiger partial charge on any atom is -0.326 e. The summed E-state index contributed by atoms with van der Waals surface area (Å²) in [6.45, 7) is 5.07. The molecule has 0 saturated carbocycles. The highest BCUT2D eigenvalue weighted by molar-refractivity contribution is 5.91. The lowest BCUT2D eigenvalue weighted by molar-refractivity contribution is -0.117. The molecule has 2 aromatic rings. The minimum absolute atomic E-state index is 0.0630. The molecule has 128 valence electrons. The lowest BCUT2D eigenvalue weighted by Crippen LogP contribution is -2.34. The lowest BCUT2D eigenvalue weighted by Gasteiger charge is -2.24. The van der Waals surface area contributed by atoms with Crippen LogP contribution in [0.1, 0.15) is 31.5 Å². The summed E-state index contributed by atoms with van der Waals surface area (Å²) in [5, 5.41) is 3.04. The molecule has 1 atom stereocenters. The summed E-state index contributed by atoms with van der Waals surface area (Å²) in [4.78, 5) is 18.9. The van der Waals surface area contributed by atoms with Crippen LogP contribution in [0.2, 0.25) is 0 Å². The summed E-state index contributed by atoms with van der Waals surface area (Å²) in [5.41, 5.74) is 3.17. The van der Waals surface area contributed by atoms with Gasteiger partial charge in [0.25, 0.3) is 0 Å². The molecule has 4 nitrogen and oxygen atoms in total. The molecule has 1 aromatic heterocycles. The summed E-state index contributed by atoms with van der Waals surface area (Å²) in [6, 6.07) is 14.1. The second-order valence-electron chi connectivity index (χ2n) is 6.16. The van der Waals surface area contributed by atoms with Crippen LogP contribution in [0.15, 0.2) is 48.7 Å². The van der Waals surface area contributed by atoms with Gasteiger partial charge in [0.2, 0.25) is 5.91 Å². The minimum atomic E-state index is 0.0630. The number of carbonyl (C=O) groups excluding carboxylic acids is 1. The molecule has 4 heteroatoms. The fourth-order valence-corrected chi connectivity index (χ4v) is 2.63. The quantitative estimate of drug-likeness (QED) is 0.807. The van der Waals surface area contributed by atoms with Crippen molar-refractivity contribution in [2.75, 3.05) is 18.9 Å². The number of aromatic nitrogens is 1. The highest BCUT2D eigenvalue weighted by atomic mass is 16.1. The Bertz CT molecular complexity index is 642. The van der Waals surface area contributed by atoms with Crippen LogP contribution in [0.4, 0.5) is 5.69 Å². The molecule has 1 amide bonds. The van der Waals surface area contributed by atoms with E-state index in [1.807, 2.05) is 42.6 Å². The van der Waals surface area contributed by atoms with Crippen LogP contribution >= 0.6 is 0 Å². The number of carbonyl (C=O) groups is 1. The maximum absolute atomic E-state index is 12.3. The molecule has 0 aliphatic carbocycles. The first-order valence-corrected chi connectivity index (χ1v) is 8.58. The third kappa shape index (κ3) is 5.46. The van der Waals surface area contributed by atoms with Gasteiger partial charge < -0.3 is 10.2 Å². The van der Waals surface area contributed by atoms with Gasteiger partial charge in [0, 0.05) is 43.0 Å². The van der Waals surface area contributed by atoms with Gasteiger partial charge in [0.15, 0.2) is 0 Å². The summed E-state index contributed by atoms with van der Waals surface area (Å²) >= 11 is 0. The van der Waals surface area contributed by atoms with Crippen LogP contribution in [-0.4, -0.2) is 35.4 Å². The first kappa shape index (κ1) is 18.1. The third-order valence-electron chi connectivity index (χ3n) is 4.35. The van der Waals surface area contributed by atoms with Gasteiger partial charge in [-0.1, -0.05) is 31.2 Å². The molecule has 0 saturated heterocycles. The van der Waals surface area contributed by atoms with Crippen molar-refractivity contribution in [2.45, 2.75) is 39.2 Å². The average Bonchev–Trinajstić information content (AvgIpc) is 2.60. The third-order valence-corrected chi connectivity index (χ3v) is 4.35. The number of anilines is 1. The molecular formula is C20H27N3O. The molecule has 0 aliphatic heterocycles. The van der Waals surface area contributed by atoms with Crippen LogP contribution in [0.3, 0.4) is 0 Å². The zero-order chi connectivity index (χ0) is 17.4. The highest BCUT2D eigenvalue weighted by Crippen LogP contribution is 2.16. The number of pyridine rings is 1. The van der Waals surface area contributed by atoms with E-state index >= 15 is 0 Å². The van der Waals surface area contributed by atoms with Crippen molar-refractivity contribution in [3.05, 3.63) is 59.9 Å². The standard InChI is InChI=1S/C20H27N3O/c1-4-17-9-5-6-11-19(17)22-20(24)15-16(2)23(3)14-12-18-10-7-8-13-21-18/h5-11,13,16H,4,12,14-15H2,1-3H3,(H,22,24)/t16-/m1/s1. The molecule has 1 heterocycles. The Morgan fingerprint density at radius 2 is 1.96 bits per heavy atom. The number of likely N-dealkylation sites (N-methyl/N-ethyl adjacent to an activating group) is 1. The summed E-state index contributed by atoms with van der Waals surface area (Å²) in [7, 11) is 2.06. The van der Waals surface area contributed by atoms with E-state index in [9.17, 15) is 4.79 Å². The van der Waals surface area contributed by atoms with E-state index in [0.29, 0.717) is 6.42 Å². The fraction of sp³-hybridized carbons (Fsp3) is 0.400. The molecule has 0 fully saturated rings. The normalized spacial score (nSPS) is 12.2. The molecule has 24 heavy (non-hydrogen) atoms. The highest BCUT2D eigenvalue weighted by Gasteiger charge is 2.14. The van der Waals surface area contributed by atoms with Gasteiger partial charge in [-0.2, -0.15) is 0 Å². The molecule has 0 radical (unpaired) electrons.